The zero-order chi connectivity index (χ0) is 15.5. The largest absolute Gasteiger partial charge is 0.350 e. The van der Waals surface area contributed by atoms with Gasteiger partial charge in [0, 0.05) is 18.8 Å². The first kappa shape index (κ1) is 14.7. The molecule has 1 aliphatic heterocycles. The van der Waals surface area contributed by atoms with Crippen LogP contribution in [0.4, 0.5) is 0 Å². The summed E-state index contributed by atoms with van der Waals surface area (Å²) in [4.78, 5) is 20.7. The summed E-state index contributed by atoms with van der Waals surface area (Å²) in [5.74, 6) is 0.555. The molecular weight excluding hydrogens is 276 g/mol. The highest BCUT2D eigenvalue weighted by Gasteiger charge is 2.20. The maximum Gasteiger partial charge on any atom is 0.254 e. The number of amides is 1. The van der Waals surface area contributed by atoms with Gasteiger partial charge in [0.05, 0.1) is 11.3 Å². The molecule has 1 aromatic heterocycles. The first-order valence-electron chi connectivity index (χ1n) is 7.55. The molecule has 0 spiro atoms. The second-order valence-electron chi connectivity index (χ2n) is 5.58. The van der Waals surface area contributed by atoms with Crippen molar-refractivity contribution in [2.45, 2.75) is 26.3 Å². The second-order valence-corrected chi connectivity index (χ2v) is 5.58. The van der Waals surface area contributed by atoms with Crippen molar-refractivity contribution in [2.75, 3.05) is 13.1 Å². The van der Waals surface area contributed by atoms with E-state index < -0.39 is 0 Å². The van der Waals surface area contributed by atoms with Crippen molar-refractivity contribution in [3.63, 3.8) is 0 Å². The standard InChI is InChI=1S/C17H20N4O/c1-11-15(9-19-12(2)21-11)17(22)20-10-16-14-6-4-3-5-13(14)7-8-18-16/h3-6,9,16,18H,7-8,10H2,1-2H3,(H,20,22). The molecule has 5 nitrogen and oxygen atoms in total. The number of benzene rings is 1. The summed E-state index contributed by atoms with van der Waals surface area (Å²) in [6, 6.07) is 8.54. The highest BCUT2D eigenvalue weighted by Crippen LogP contribution is 2.21. The molecule has 2 aromatic rings. The zero-order valence-corrected chi connectivity index (χ0v) is 12.9. The number of nitrogens with one attached hydrogen (secondary N) is 2. The summed E-state index contributed by atoms with van der Waals surface area (Å²) in [7, 11) is 0. The van der Waals surface area contributed by atoms with Crippen LogP contribution in [0.5, 0.6) is 0 Å². The van der Waals surface area contributed by atoms with E-state index in [1.807, 2.05) is 19.9 Å². The van der Waals surface area contributed by atoms with Crippen LogP contribution < -0.4 is 10.6 Å². The van der Waals surface area contributed by atoms with Gasteiger partial charge in [0.1, 0.15) is 5.82 Å². The first-order chi connectivity index (χ1) is 10.6. The molecule has 5 heteroatoms. The average molecular weight is 296 g/mol. The fraction of sp³-hybridized carbons (Fsp3) is 0.353. The van der Waals surface area contributed by atoms with Crippen molar-refractivity contribution in [1.82, 2.24) is 20.6 Å². The molecule has 1 aromatic carbocycles. The quantitative estimate of drug-likeness (QED) is 0.905. The minimum atomic E-state index is -0.123. The second kappa shape index (κ2) is 6.23. The molecular formula is C17H20N4O. The Morgan fingerprint density at radius 3 is 3.00 bits per heavy atom. The normalized spacial score (nSPS) is 16.9. The summed E-state index contributed by atoms with van der Waals surface area (Å²) in [6.45, 7) is 5.14. The summed E-state index contributed by atoms with van der Waals surface area (Å²) in [5, 5.41) is 6.45. The number of fused-ring (bicyclic) bond motifs is 1. The molecule has 2 N–H and O–H groups in total. The molecule has 1 aliphatic rings. The molecule has 22 heavy (non-hydrogen) atoms. The van der Waals surface area contributed by atoms with Gasteiger partial charge in [-0.1, -0.05) is 24.3 Å². The van der Waals surface area contributed by atoms with Gasteiger partial charge in [-0.2, -0.15) is 0 Å². The molecule has 0 bridgehead atoms. The Balaban J connectivity index is 1.69. The molecule has 2 heterocycles. The van der Waals surface area contributed by atoms with Gasteiger partial charge >= 0.3 is 0 Å². The Labute approximate surface area is 130 Å². The molecule has 0 radical (unpaired) electrons. The van der Waals surface area contributed by atoms with Crippen LogP contribution in [-0.2, 0) is 6.42 Å². The highest BCUT2D eigenvalue weighted by atomic mass is 16.1. The van der Waals surface area contributed by atoms with Gasteiger partial charge in [0.25, 0.3) is 5.91 Å². The number of aromatic nitrogens is 2. The van der Waals surface area contributed by atoms with E-state index >= 15 is 0 Å². The van der Waals surface area contributed by atoms with Gasteiger partial charge < -0.3 is 10.6 Å². The number of nitrogens with zero attached hydrogens (tertiary/aromatic N) is 2. The van der Waals surface area contributed by atoms with Gasteiger partial charge in [-0.25, -0.2) is 9.97 Å². The number of carbonyl (C=O) groups excluding carboxylic acids is 1. The summed E-state index contributed by atoms with van der Waals surface area (Å²) in [5.41, 5.74) is 3.87. The van der Waals surface area contributed by atoms with Gasteiger partial charge in [-0.05, 0) is 37.9 Å². The lowest BCUT2D eigenvalue weighted by atomic mass is 9.94. The Morgan fingerprint density at radius 1 is 1.36 bits per heavy atom. The van der Waals surface area contributed by atoms with Gasteiger partial charge in [0.15, 0.2) is 0 Å². The van der Waals surface area contributed by atoms with Crippen molar-refractivity contribution < 1.29 is 4.79 Å². The van der Waals surface area contributed by atoms with E-state index in [0.717, 1.165) is 13.0 Å². The Morgan fingerprint density at radius 2 is 2.18 bits per heavy atom. The van der Waals surface area contributed by atoms with E-state index in [1.54, 1.807) is 6.20 Å². The van der Waals surface area contributed by atoms with Crippen molar-refractivity contribution in [3.8, 4) is 0 Å². The monoisotopic (exact) mass is 296 g/mol. The lowest BCUT2D eigenvalue weighted by Gasteiger charge is -2.27. The highest BCUT2D eigenvalue weighted by molar-refractivity contribution is 5.94. The van der Waals surface area contributed by atoms with Crippen molar-refractivity contribution in [1.29, 1.82) is 0 Å². The predicted molar refractivity (Wildman–Crippen MR) is 84.7 cm³/mol. The van der Waals surface area contributed by atoms with Crippen LogP contribution in [0.2, 0.25) is 0 Å². The van der Waals surface area contributed by atoms with Crippen molar-refractivity contribution >= 4 is 5.91 Å². The van der Waals surface area contributed by atoms with Crippen LogP contribution in [0.1, 0.15) is 39.0 Å². The maximum absolute atomic E-state index is 12.3. The van der Waals surface area contributed by atoms with Crippen LogP contribution >= 0.6 is 0 Å². The molecule has 1 unspecified atom stereocenters. The molecule has 3 rings (SSSR count). The van der Waals surface area contributed by atoms with E-state index in [9.17, 15) is 4.79 Å². The third-order valence-electron chi connectivity index (χ3n) is 4.03. The van der Waals surface area contributed by atoms with E-state index in [0.29, 0.717) is 23.6 Å². The topological polar surface area (TPSA) is 66.9 Å². The molecule has 0 saturated carbocycles. The smallest absolute Gasteiger partial charge is 0.254 e. The molecule has 0 aliphatic carbocycles. The number of rotatable bonds is 3. The Kier molecular flexibility index (Phi) is 4.15. The number of hydrogen-bond acceptors (Lipinski definition) is 4. The minimum absolute atomic E-state index is 0.123. The van der Waals surface area contributed by atoms with Gasteiger partial charge in [-0.15, -0.1) is 0 Å². The Hall–Kier alpha value is -2.27. The lowest BCUT2D eigenvalue weighted by Crippen LogP contribution is -2.39. The number of carbonyl (C=O) groups is 1. The van der Waals surface area contributed by atoms with Crippen LogP contribution in [0.15, 0.2) is 30.5 Å². The summed E-state index contributed by atoms with van der Waals surface area (Å²) in [6.07, 6.45) is 2.63. The van der Waals surface area contributed by atoms with Gasteiger partial charge in [0.2, 0.25) is 0 Å². The molecule has 1 atom stereocenters. The molecule has 0 fully saturated rings. The van der Waals surface area contributed by atoms with Crippen LogP contribution in [-0.4, -0.2) is 29.0 Å². The first-order valence-corrected chi connectivity index (χ1v) is 7.55. The predicted octanol–water partition coefficient (Wildman–Crippen LogP) is 1.71. The third-order valence-corrected chi connectivity index (χ3v) is 4.03. The zero-order valence-electron chi connectivity index (χ0n) is 12.9. The van der Waals surface area contributed by atoms with Crippen LogP contribution in [0.25, 0.3) is 0 Å². The molecule has 114 valence electrons. The lowest BCUT2D eigenvalue weighted by molar-refractivity contribution is 0.0947. The molecule has 1 amide bonds. The van der Waals surface area contributed by atoms with Crippen molar-refractivity contribution in [3.05, 3.63) is 58.7 Å². The van der Waals surface area contributed by atoms with E-state index in [-0.39, 0.29) is 11.9 Å². The fourth-order valence-electron chi connectivity index (χ4n) is 2.87. The number of hydrogen-bond donors (Lipinski definition) is 2. The summed E-state index contributed by atoms with van der Waals surface area (Å²) >= 11 is 0. The van der Waals surface area contributed by atoms with Crippen molar-refractivity contribution in [2.24, 2.45) is 0 Å². The van der Waals surface area contributed by atoms with Crippen LogP contribution in [0, 0.1) is 13.8 Å². The van der Waals surface area contributed by atoms with Gasteiger partial charge in [-0.3, -0.25) is 4.79 Å². The Bertz CT molecular complexity index is 699. The van der Waals surface area contributed by atoms with E-state index in [1.165, 1.54) is 11.1 Å². The average Bonchev–Trinajstić information content (AvgIpc) is 2.52. The van der Waals surface area contributed by atoms with E-state index in [2.05, 4.69) is 38.8 Å². The molecule has 0 saturated heterocycles. The maximum atomic E-state index is 12.3. The van der Waals surface area contributed by atoms with Crippen LogP contribution in [0.3, 0.4) is 0 Å². The van der Waals surface area contributed by atoms with E-state index in [4.69, 9.17) is 0 Å². The third kappa shape index (κ3) is 2.99. The minimum Gasteiger partial charge on any atom is -0.350 e. The SMILES string of the molecule is Cc1ncc(C(=O)NCC2NCCc3ccccc32)c(C)n1. The number of aryl methyl sites for hydroxylation is 2. The summed E-state index contributed by atoms with van der Waals surface area (Å²) < 4.78 is 0. The fourth-order valence-corrected chi connectivity index (χ4v) is 2.87.